The predicted molar refractivity (Wildman–Crippen MR) is 88.1 cm³/mol. The van der Waals surface area contributed by atoms with Crippen LogP contribution in [0.2, 0.25) is 0 Å². The standard InChI is InChI=1S/C18H21N3O/c19-16-3-1-2-14(10-16)12-21(17-8-9-17)11-13-4-6-15(7-5-13)18(20)22/h1-7,10,17H,8-9,11-12,19H2,(H2,20,22). The van der Waals surface area contributed by atoms with E-state index in [4.69, 9.17) is 11.5 Å². The molecule has 2 aromatic rings. The van der Waals surface area contributed by atoms with Crippen LogP contribution in [0, 0.1) is 0 Å². The number of primary amides is 1. The molecule has 0 saturated heterocycles. The Morgan fingerprint density at radius 1 is 1.05 bits per heavy atom. The molecule has 0 aromatic heterocycles. The van der Waals surface area contributed by atoms with Crippen molar-refractivity contribution in [3.05, 3.63) is 65.2 Å². The second-order valence-electron chi connectivity index (χ2n) is 5.94. The SMILES string of the molecule is NC(=O)c1ccc(CN(Cc2cccc(N)c2)C2CC2)cc1. The molecule has 0 unspecified atom stereocenters. The molecule has 0 aliphatic heterocycles. The van der Waals surface area contributed by atoms with E-state index in [1.807, 2.05) is 30.3 Å². The van der Waals surface area contributed by atoms with Crippen LogP contribution < -0.4 is 11.5 Å². The maximum absolute atomic E-state index is 11.1. The molecule has 0 spiro atoms. The summed E-state index contributed by atoms with van der Waals surface area (Å²) in [5.41, 5.74) is 14.9. The Bertz CT molecular complexity index is 662. The number of hydrogen-bond donors (Lipinski definition) is 2. The second kappa shape index (κ2) is 6.20. The van der Waals surface area contributed by atoms with E-state index in [0.29, 0.717) is 11.6 Å². The topological polar surface area (TPSA) is 72.4 Å². The van der Waals surface area contributed by atoms with Crippen LogP contribution in [0.3, 0.4) is 0 Å². The van der Waals surface area contributed by atoms with Crippen molar-refractivity contribution >= 4 is 11.6 Å². The fraction of sp³-hybridized carbons (Fsp3) is 0.278. The van der Waals surface area contributed by atoms with Crippen molar-refractivity contribution in [3.8, 4) is 0 Å². The fourth-order valence-electron chi connectivity index (χ4n) is 2.69. The molecular formula is C18H21N3O. The molecule has 22 heavy (non-hydrogen) atoms. The first-order chi connectivity index (χ1) is 10.6. The molecular weight excluding hydrogens is 274 g/mol. The van der Waals surface area contributed by atoms with E-state index in [0.717, 1.165) is 18.8 Å². The van der Waals surface area contributed by atoms with Crippen molar-refractivity contribution in [2.75, 3.05) is 5.73 Å². The van der Waals surface area contributed by atoms with E-state index in [-0.39, 0.29) is 5.91 Å². The van der Waals surface area contributed by atoms with E-state index in [9.17, 15) is 4.79 Å². The molecule has 1 fully saturated rings. The highest BCUT2D eigenvalue weighted by atomic mass is 16.1. The Balaban J connectivity index is 1.70. The number of carbonyl (C=O) groups is 1. The minimum absolute atomic E-state index is 0.384. The van der Waals surface area contributed by atoms with Crippen LogP contribution in [0.1, 0.15) is 34.3 Å². The van der Waals surface area contributed by atoms with Gasteiger partial charge in [0, 0.05) is 30.4 Å². The number of anilines is 1. The van der Waals surface area contributed by atoms with Crippen molar-refractivity contribution < 1.29 is 4.79 Å². The van der Waals surface area contributed by atoms with Gasteiger partial charge in [0.05, 0.1) is 0 Å². The van der Waals surface area contributed by atoms with Gasteiger partial charge in [-0.1, -0.05) is 24.3 Å². The molecule has 3 rings (SSSR count). The van der Waals surface area contributed by atoms with Crippen molar-refractivity contribution in [1.29, 1.82) is 0 Å². The third-order valence-electron chi connectivity index (χ3n) is 4.02. The largest absolute Gasteiger partial charge is 0.399 e. The van der Waals surface area contributed by atoms with Gasteiger partial charge in [0.25, 0.3) is 0 Å². The summed E-state index contributed by atoms with van der Waals surface area (Å²) >= 11 is 0. The number of hydrogen-bond acceptors (Lipinski definition) is 3. The Hall–Kier alpha value is -2.33. The van der Waals surface area contributed by atoms with E-state index in [1.54, 1.807) is 12.1 Å². The van der Waals surface area contributed by atoms with Gasteiger partial charge < -0.3 is 11.5 Å². The molecule has 114 valence electrons. The van der Waals surface area contributed by atoms with E-state index in [2.05, 4.69) is 11.0 Å². The van der Waals surface area contributed by atoms with E-state index >= 15 is 0 Å². The summed E-state index contributed by atoms with van der Waals surface area (Å²) in [6.45, 7) is 1.77. The normalized spacial score (nSPS) is 14.2. The molecule has 1 saturated carbocycles. The predicted octanol–water partition coefficient (Wildman–Crippen LogP) is 2.53. The van der Waals surface area contributed by atoms with Gasteiger partial charge in [-0.15, -0.1) is 0 Å². The summed E-state index contributed by atoms with van der Waals surface area (Å²) in [6.07, 6.45) is 2.50. The van der Waals surface area contributed by atoms with E-state index < -0.39 is 0 Å². The summed E-state index contributed by atoms with van der Waals surface area (Å²) in [5, 5.41) is 0. The van der Waals surface area contributed by atoms with Gasteiger partial charge in [0.2, 0.25) is 5.91 Å². The molecule has 0 heterocycles. The van der Waals surface area contributed by atoms with Crippen molar-refractivity contribution in [3.63, 3.8) is 0 Å². The lowest BCUT2D eigenvalue weighted by Gasteiger charge is -2.22. The van der Waals surface area contributed by atoms with Gasteiger partial charge in [-0.25, -0.2) is 0 Å². The molecule has 1 aliphatic carbocycles. The van der Waals surface area contributed by atoms with Gasteiger partial charge in [-0.05, 0) is 48.2 Å². The van der Waals surface area contributed by atoms with Crippen LogP contribution in [-0.4, -0.2) is 16.8 Å². The van der Waals surface area contributed by atoms with Crippen molar-refractivity contribution in [1.82, 2.24) is 4.90 Å². The first-order valence-electron chi connectivity index (χ1n) is 7.59. The lowest BCUT2D eigenvalue weighted by Crippen LogP contribution is -2.25. The lowest BCUT2D eigenvalue weighted by molar-refractivity contribution is 0.100. The molecule has 1 aliphatic rings. The van der Waals surface area contributed by atoms with Gasteiger partial charge in [-0.3, -0.25) is 9.69 Å². The lowest BCUT2D eigenvalue weighted by atomic mass is 10.1. The Morgan fingerprint density at radius 3 is 2.32 bits per heavy atom. The molecule has 4 heteroatoms. The molecule has 0 radical (unpaired) electrons. The Kier molecular flexibility index (Phi) is 4.11. The van der Waals surface area contributed by atoms with Crippen molar-refractivity contribution in [2.45, 2.75) is 32.0 Å². The third-order valence-corrected chi connectivity index (χ3v) is 4.02. The summed E-state index contributed by atoms with van der Waals surface area (Å²) < 4.78 is 0. The van der Waals surface area contributed by atoms with E-state index in [1.165, 1.54) is 24.0 Å². The number of nitrogens with zero attached hydrogens (tertiary/aromatic N) is 1. The van der Waals surface area contributed by atoms with Crippen LogP contribution in [0.5, 0.6) is 0 Å². The Morgan fingerprint density at radius 2 is 1.73 bits per heavy atom. The van der Waals surface area contributed by atoms with Gasteiger partial charge in [0.1, 0.15) is 0 Å². The maximum atomic E-state index is 11.1. The van der Waals surface area contributed by atoms with Crippen LogP contribution >= 0.6 is 0 Å². The molecule has 0 bridgehead atoms. The first kappa shape index (κ1) is 14.6. The highest BCUT2D eigenvalue weighted by molar-refractivity contribution is 5.92. The molecule has 0 atom stereocenters. The zero-order valence-corrected chi connectivity index (χ0v) is 12.5. The summed E-state index contributed by atoms with van der Waals surface area (Å²) in [4.78, 5) is 13.6. The van der Waals surface area contributed by atoms with Gasteiger partial charge >= 0.3 is 0 Å². The smallest absolute Gasteiger partial charge is 0.248 e. The highest BCUT2D eigenvalue weighted by Gasteiger charge is 2.28. The van der Waals surface area contributed by atoms with Crippen LogP contribution in [0.4, 0.5) is 5.69 Å². The second-order valence-corrected chi connectivity index (χ2v) is 5.94. The summed E-state index contributed by atoms with van der Waals surface area (Å²) in [7, 11) is 0. The fourth-order valence-corrected chi connectivity index (χ4v) is 2.69. The first-order valence-corrected chi connectivity index (χ1v) is 7.59. The molecule has 4 N–H and O–H groups in total. The average Bonchev–Trinajstić information content (AvgIpc) is 3.32. The molecule has 4 nitrogen and oxygen atoms in total. The van der Waals surface area contributed by atoms with Crippen LogP contribution in [0.15, 0.2) is 48.5 Å². The number of rotatable bonds is 6. The minimum Gasteiger partial charge on any atom is -0.399 e. The quantitative estimate of drug-likeness (QED) is 0.804. The maximum Gasteiger partial charge on any atom is 0.248 e. The molecule has 1 amide bonds. The minimum atomic E-state index is -0.384. The number of amides is 1. The summed E-state index contributed by atoms with van der Waals surface area (Å²) in [6, 6.07) is 16.3. The van der Waals surface area contributed by atoms with Crippen LogP contribution in [-0.2, 0) is 13.1 Å². The van der Waals surface area contributed by atoms with Crippen molar-refractivity contribution in [2.24, 2.45) is 5.73 Å². The van der Waals surface area contributed by atoms with Gasteiger partial charge in [0.15, 0.2) is 0 Å². The highest BCUT2D eigenvalue weighted by Crippen LogP contribution is 2.30. The number of nitrogens with two attached hydrogens (primary N) is 2. The van der Waals surface area contributed by atoms with Gasteiger partial charge in [-0.2, -0.15) is 0 Å². The summed E-state index contributed by atoms with van der Waals surface area (Å²) in [5.74, 6) is -0.384. The van der Waals surface area contributed by atoms with Crippen LogP contribution in [0.25, 0.3) is 0 Å². The zero-order valence-electron chi connectivity index (χ0n) is 12.5. The third kappa shape index (κ3) is 3.65. The number of nitrogen functional groups attached to an aromatic ring is 1. The Labute approximate surface area is 130 Å². The average molecular weight is 295 g/mol. The monoisotopic (exact) mass is 295 g/mol. The number of benzene rings is 2. The number of carbonyl (C=O) groups excluding carboxylic acids is 1. The zero-order chi connectivity index (χ0) is 15.5. The molecule has 2 aromatic carbocycles.